The number of aromatic nitrogens is 5. The molecular formula is C26H27ClN6O2. The number of nitrogens with zero attached hydrogens (tertiary/aromatic N) is 6. The average Bonchev–Trinajstić information content (AvgIpc) is 3.55. The molecule has 0 fully saturated rings. The van der Waals surface area contributed by atoms with E-state index in [2.05, 4.69) is 44.1 Å². The van der Waals surface area contributed by atoms with E-state index < -0.39 is 0 Å². The Hall–Kier alpha value is -4.04. The Kier molecular flexibility index (Phi) is 7.22. The van der Waals surface area contributed by atoms with Crippen molar-refractivity contribution in [1.29, 1.82) is 0 Å². The summed E-state index contributed by atoms with van der Waals surface area (Å²) in [5.74, 6) is 1.47. The van der Waals surface area contributed by atoms with Crippen molar-refractivity contribution in [2.24, 2.45) is 7.05 Å². The number of ether oxygens (including phenoxy) is 2. The van der Waals surface area contributed by atoms with Gasteiger partial charge in [-0.2, -0.15) is 5.10 Å². The summed E-state index contributed by atoms with van der Waals surface area (Å²) >= 11 is 0. The first-order chi connectivity index (χ1) is 16.6. The molecular weight excluding hydrogens is 464 g/mol. The molecule has 0 amide bonds. The Morgan fingerprint density at radius 3 is 2.29 bits per heavy atom. The summed E-state index contributed by atoms with van der Waals surface area (Å²) in [5, 5.41) is 4.25. The summed E-state index contributed by atoms with van der Waals surface area (Å²) in [6, 6.07) is 16.1. The zero-order valence-electron chi connectivity index (χ0n) is 19.8. The first-order valence-electron chi connectivity index (χ1n) is 11.0. The third-order valence-corrected chi connectivity index (χ3v) is 5.73. The summed E-state index contributed by atoms with van der Waals surface area (Å²) in [7, 11) is 5.21. The molecule has 35 heavy (non-hydrogen) atoms. The zero-order chi connectivity index (χ0) is 23.5. The molecule has 180 valence electrons. The molecule has 0 bridgehead atoms. The van der Waals surface area contributed by atoms with Gasteiger partial charge in [0, 0.05) is 73.9 Å². The van der Waals surface area contributed by atoms with Gasteiger partial charge in [0.25, 0.3) is 0 Å². The van der Waals surface area contributed by atoms with Crippen LogP contribution in [0, 0.1) is 0 Å². The normalized spacial score (nSPS) is 10.7. The largest absolute Gasteiger partial charge is 0.497 e. The topological polar surface area (TPSA) is 70.2 Å². The van der Waals surface area contributed by atoms with Crippen LogP contribution in [0.2, 0.25) is 0 Å². The molecule has 0 aliphatic heterocycles. The molecule has 0 spiro atoms. The van der Waals surface area contributed by atoms with E-state index in [1.54, 1.807) is 31.3 Å². The second-order valence-corrected chi connectivity index (χ2v) is 7.97. The van der Waals surface area contributed by atoms with Crippen molar-refractivity contribution >= 4 is 34.8 Å². The number of rotatable bonds is 8. The molecule has 0 unspecified atom stereocenters. The number of benzene rings is 2. The molecule has 0 atom stereocenters. The fourth-order valence-electron chi connectivity index (χ4n) is 3.95. The van der Waals surface area contributed by atoms with Crippen LogP contribution in [0.3, 0.4) is 0 Å². The SMILES string of the molecule is COc1cc(OC)cc(N(CCn2cccc2)c2ccc3ncc(-c4cnn(C)c4)nc3c2)c1.Cl. The van der Waals surface area contributed by atoms with E-state index in [-0.39, 0.29) is 12.4 Å². The average molecular weight is 491 g/mol. The van der Waals surface area contributed by atoms with Gasteiger partial charge in [-0.05, 0) is 30.3 Å². The number of anilines is 2. The van der Waals surface area contributed by atoms with Crippen molar-refractivity contribution < 1.29 is 9.47 Å². The first-order valence-corrected chi connectivity index (χ1v) is 11.0. The van der Waals surface area contributed by atoms with Crippen LogP contribution >= 0.6 is 12.4 Å². The van der Waals surface area contributed by atoms with Gasteiger partial charge in [-0.25, -0.2) is 4.98 Å². The van der Waals surface area contributed by atoms with Crippen LogP contribution in [0.5, 0.6) is 11.5 Å². The summed E-state index contributed by atoms with van der Waals surface area (Å²) < 4.78 is 15.0. The Labute approximate surface area is 210 Å². The van der Waals surface area contributed by atoms with Crippen molar-refractivity contribution in [3.63, 3.8) is 0 Å². The molecule has 0 radical (unpaired) electrons. The standard InChI is InChI=1S/C26H26N6O2.ClH/c1-30-18-19(16-28-30)26-17-27-24-7-6-20(14-25(24)29-26)32(11-10-31-8-4-5-9-31)21-12-22(33-2)15-23(13-21)34-3;/h4-9,12-18H,10-11H2,1-3H3;1H. The quantitative estimate of drug-likeness (QED) is 0.301. The van der Waals surface area contributed by atoms with Gasteiger partial charge in [0.1, 0.15) is 11.5 Å². The number of halogens is 1. The molecule has 0 saturated carbocycles. The predicted octanol–water partition coefficient (Wildman–Crippen LogP) is 5.11. The van der Waals surface area contributed by atoms with Crippen LogP contribution < -0.4 is 14.4 Å². The molecule has 5 rings (SSSR count). The minimum atomic E-state index is 0. The van der Waals surface area contributed by atoms with E-state index in [0.717, 1.165) is 58.3 Å². The zero-order valence-corrected chi connectivity index (χ0v) is 20.6. The Morgan fingerprint density at radius 2 is 1.63 bits per heavy atom. The van der Waals surface area contributed by atoms with Crippen LogP contribution in [0.25, 0.3) is 22.3 Å². The highest BCUT2D eigenvalue weighted by atomic mass is 35.5. The Bertz CT molecular complexity index is 1390. The summed E-state index contributed by atoms with van der Waals surface area (Å²) in [5.41, 5.74) is 5.36. The monoisotopic (exact) mass is 490 g/mol. The van der Waals surface area contributed by atoms with Crippen molar-refractivity contribution in [3.05, 3.63) is 79.5 Å². The highest BCUT2D eigenvalue weighted by Crippen LogP contribution is 2.34. The van der Waals surface area contributed by atoms with Crippen LogP contribution in [-0.2, 0) is 13.6 Å². The minimum Gasteiger partial charge on any atom is -0.497 e. The van der Waals surface area contributed by atoms with Crippen molar-refractivity contribution in [1.82, 2.24) is 24.3 Å². The van der Waals surface area contributed by atoms with Gasteiger partial charge in [-0.3, -0.25) is 9.67 Å². The highest BCUT2D eigenvalue weighted by molar-refractivity contribution is 5.85. The molecule has 2 aromatic carbocycles. The number of methoxy groups -OCH3 is 2. The van der Waals surface area contributed by atoms with Crippen molar-refractivity contribution in [2.75, 3.05) is 25.7 Å². The molecule has 3 heterocycles. The van der Waals surface area contributed by atoms with E-state index in [1.165, 1.54) is 0 Å². The molecule has 0 aliphatic carbocycles. The van der Waals surface area contributed by atoms with Gasteiger partial charge in [-0.15, -0.1) is 12.4 Å². The van der Waals surface area contributed by atoms with Crippen LogP contribution in [-0.4, -0.2) is 45.1 Å². The lowest BCUT2D eigenvalue weighted by atomic mass is 10.2. The fraction of sp³-hybridized carbons (Fsp3) is 0.192. The second-order valence-electron chi connectivity index (χ2n) is 7.97. The van der Waals surface area contributed by atoms with Crippen LogP contribution in [0.4, 0.5) is 11.4 Å². The lowest BCUT2D eigenvalue weighted by molar-refractivity contribution is 0.394. The third kappa shape index (κ3) is 5.22. The first kappa shape index (κ1) is 24.1. The van der Waals surface area contributed by atoms with Crippen molar-refractivity contribution in [3.8, 4) is 22.8 Å². The predicted molar refractivity (Wildman–Crippen MR) is 140 cm³/mol. The lowest BCUT2D eigenvalue weighted by Crippen LogP contribution is -2.22. The molecule has 0 N–H and O–H groups in total. The third-order valence-electron chi connectivity index (χ3n) is 5.73. The molecule has 0 saturated heterocycles. The molecule has 8 nitrogen and oxygen atoms in total. The van der Waals surface area contributed by atoms with E-state index in [1.807, 2.05) is 49.6 Å². The molecule has 0 aliphatic rings. The van der Waals surface area contributed by atoms with E-state index in [9.17, 15) is 0 Å². The summed E-state index contributed by atoms with van der Waals surface area (Å²) in [4.78, 5) is 11.7. The van der Waals surface area contributed by atoms with Crippen molar-refractivity contribution in [2.45, 2.75) is 6.54 Å². The maximum atomic E-state index is 5.53. The van der Waals surface area contributed by atoms with Crippen LogP contribution in [0.15, 0.2) is 79.5 Å². The van der Waals surface area contributed by atoms with Crippen LogP contribution in [0.1, 0.15) is 0 Å². The number of fused-ring (bicyclic) bond motifs is 1. The maximum Gasteiger partial charge on any atom is 0.124 e. The smallest absolute Gasteiger partial charge is 0.124 e. The lowest BCUT2D eigenvalue weighted by Gasteiger charge is -2.26. The van der Waals surface area contributed by atoms with Gasteiger partial charge in [0.15, 0.2) is 0 Å². The number of hydrogen-bond donors (Lipinski definition) is 0. The maximum absolute atomic E-state index is 5.53. The summed E-state index contributed by atoms with van der Waals surface area (Å²) in [6.45, 7) is 1.55. The highest BCUT2D eigenvalue weighted by Gasteiger charge is 2.15. The molecule has 9 heteroatoms. The van der Waals surface area contributed by atoms with Gasteiger partial charge in [0.2, 0.25) is 0 Å². The van der Waals surface area contributed by atoms with E-state index >= 15 is 0 Å². The Balaban J connectivity index is 0.00000289. The molecule has 3 aromatic heterocycles. The second kappa shape index (κ2) is 10.5. The van der Waals surface area contributed by atoms with Gasteiger partial charge in [-0.1, -0.05) is 0 Å². The Morgan fingerprint density at radius 1 is 0.886 bits per heavy atom. The number of aryl methyl sites for hydroxylation is 1. The van der Waals surface area contributed by atoms with E-state index in [4.69, 9.17) is 14.5 Å². The molecule has 5 aromatic rings. The van der Waals surface area contributed by atoms with Gasteiger partial charge < -0.3 is 18.9 Å². The fourth-order valence-corrected chi connectivity index (χ4v) is 3.95. The minimum absolute atomic E-state index is 0. The summed E-state index contributed by atoms with van der Waals surface area (Å²) in [6.07, 6.45) is 9.65. The number of hydrogen-bond acceptors (Lipinski definition) is 6. The van der Waals surface area contributed by atoms with E-state index in [0.29, 0.717) is 0 Å². The van der Waals surface area contributed by atoms with Gasteiger partial charge in [0.05, 0.1) is 43.3 Å². The van der Waals surface area contributed by atoms with Gasteiger partial charge >= 0.3 is 0 Å².